The summed E-state index contributed by atoms with van der Waals surface area (Å²) in [5.41, 5.74) is 6.44. The van der Waals surface area contributed by atoms with Crippen molar-refractivity contribution in [2.24, 2.45) is 11.7 Å². The van der Waals surface area contributed by atoms with Crippen LogP contribution in [-0.4, -0.2) is 5.91 Å². The van der Waals surface area contributed by atoms with Crippen molar-refractivity contribution in [3.05, 3.63) is 29.6 Å². The number of halogens is 1. The highest BCUT2D eigenvalue weighted by Crippen LogP contribution is 2.27. The number of rotatable bonds is 3. The molecule has 0 radical (unpaired) electrons. The zero-order valence-corrected chi connectivity index (χ0v) is 9.00. The van der Waals surface area contributed by atoms with Gasteiger partial charge in [-0.25, -0.2) is 4.39 Å². The zero-order valence-electron chi connectivity index (χ0n) is 9.00. The molecule has 1 amide bonds. The molecule has 3 nitrogen and oxygen atoms in total. The standard InChI is InChI=1S/C12H15FN2O/c13-11-5-4-10(6-9(11)7-14)15-12(16)8-2-1-3-8/h4-6,8H,1-3,7,14H2,(H,15,16). The second kappa shape index (κ2) is 4.61. The average Bonchev–Trinajstić information content (AvgIpc) is 2.18. The lowest BCUT2D eigenvalue weighted by molar-refractivity contribution is -0.122. The lowest BCUT2D eigenvalue weighted by Crippen LogP contribution is -2.28. The molecule has 2 rings (SSSR count). The molecular formula is C12H15FN2O. The fourth-order valence-corrected chi connectivity index (χ4v) is 1.72. The third-order valence-corrected chi connectivity index (χ3v) is 3.01. The summed E-state index contributed by atoms with van der Waals surface area (Å²) in [7, 11) is 0. The number of carbonyl (C=O) groups excluding carboxylic acids is 1. The Balaban J connectivity index is 2.06. The van der Waals surface area contributed by atoms with Crippen molar-refractivity contribution in [3.63, 3.8) is 0 Å². The van der Waals surface area contributed by atoms with Crippen molar-refractivity contribution < 1.29 is 9.18 Å². The maximum Gasteiger partial charge on any atom is 0.227 e. The molecule has 0 unspecified atom stereocenters. The van der Waals surface area contributed by atoms with Crippen molar-refractivity contribution >= 4 is 11.6 Å². The zero-order chi connectivity index (χ0) is 11.5. The average molecular weight is 222 g/mol. The van der Waals surface area contributed by atoms with Crippen LogP contribution in [0.25, 0.3) is 0 Å². The first-order valence-electron chi connectivity index (χ1n) is 5.50. The van der Waals surface area contributed by atoms with Gasteiger partial charge in [-0.2, -0.15) is 0 Å². The SMILES string of the molecule is NCc1cc(NC(=O)C2CCC2)ccc1F. The van der Waals surface area contributed by atoms with Gasteiger partial charge in [-0.3, -0.25) is 4.79 Å². The van der Waals surface area contributed by atoms with E-state index in [2.05, 4.69) is 5.32 Å². The Morgan fingerprint density at radius 1 is 1.50 bits per heavy atom. The van der Waals surface area contributed by atoms with Crippen LogP contribution >= 0.6 is 0 Å². The number of hydrogen-bond acceptors (Lipinski definition) is 2. The summed E-state index contributed by atoms with van der Waals surface area (Å²) in [6.45, 7) is 0.138. The van der Waals surface area contributed by atoms with Crippen LogP contribution in [0.4, 0.5) is 10.1 Å². The third-order valence-electron chi connectivity index (χ3n) is 3.01. The largest absolute Gasteiger partial charge is 0.326 e. The van der Waals surface area contributed by atoms with E-state index in [4.69, 9.17) is 5.73 Å². The summed E-state index contributed by atoms with van der Waals surface area (Å²) in [5.74, 6) is -0.170. The number of hydrogen-bond donors (Lipinski definition) is 2. The first kappa shape index (κ1) is 11.1. The fraction of sp³-hybridized carbons (Fsp3) is 0.417. The van der Waals surface area contributed by atoms with Gasteiger partial charge >= 0.3 is 0 Å². The molecular weight excluding hydrogens is 207 g/mol. The number of benzene rings is 1. The highest BCUT2D eigenvalue weighted by atomic mass is 19.1. The van der Waals surface area contributed by atoms with Crippen molar-refractivity contribution in [2.45, 2.75) is 25.8 Å². The monoisotopic (exact) mass is 222 g/mol. The molecule has 0 bridgehead atoms. The van der Waals surface area contributed by atoms with E-state index in [1.165, 1.54) is 6.07 Å². The Labute approximate surface area is 93.8 Å². The van der Waals surface area contributed by atoms with Gasteiger partial charge in [0.15, 0.2) is 0 Å². The van der Waals surface area contributed by atoms with E-state index in [0.29, 0.717) is 11.3 Å². The Hall–Kier alpha value is -1.42. The fourth-order valence-electron chi connectivity index (χ4n) is 1.72. The molecule has 1 aromatic rings. The molecule has 1 aromatic carbocycles. The van der Waals surface area contributed by atoms with Gasteiger partial charge in [-0.05, 0) is 31.0 Å². The van der Waals surface area contributed by atoms with E-state index in [0.717, 1.165) is 19.3 Å². The molecule has 0 heterocycles. The van der Waals surface area contributed by atoms with Crippen LogP contribution in [0, 0.1) is 11.7 Å². The van der Waals surface area contributed by atoms with Crippen LogP contribution in [0.1, 0.15) is 24.8 Å². The summed E-state index contributed by atoms with van der Waals surface area (Å²) in [6, 6.07) is 4.48. The molecule has 1 saturated carbocycles. The van der Waals surface area contributed by atoms with Gasteiger partial charge in [-0.1, -0.05) is 6.42 Å². The second-order valence-electron chi connectivity index (χ2n) is 4.13. The predicted octanol–water partition coefficient (Wildman–Crippen LogP) is 2.02. The summed E-state index contributed by atoms with van der Waals surface area (Å²) in [4.78, 5) is 11.6. The van der Waals surface area contributed by atoms with Crippen molar-refractivity contribution in [3.8, 4) is 0 Å². The number of nitrogens with one attached hydrogen (secondary N) is 1. The van der Waals surface area contributed by atoms with E-state index < -0.39 is 0 Å². The Morgan fingerprint density at radius 3 is 2.81 bits per heavy atom. The summed E-state index contributed by atoms with van der Waals surface area (Å²) in [6.07, 6.45) is 3.03. The lowest BCUT2D eigenvalue weighted by Gasteiger charge is -2.24. The van der Waals surface area contributed by atoms with Gasteiger partial charge in [-0.15, -0.1) is 0 Å². The summed E-state index contributed by atoms with van der Waals surface area (Å²) in [5, 5.41) is 2.78. The van der Waals surface area contributed by atoms with Gasteiger partial charge in [0.1, 0.15) is 5.82 Å². The molecule has 1 aliphatic carbocycles. The first-order chi connectivity index (χ1) is 7.70. The van der Waals surface area contributed by atoms with Crippen molar-refractivity contribution in [1.29, 1.82) is 0 Å². The van der Waals surface area contributed by atoms with Crippen LogP contribution in [-0.2, 0) is 11.3 Å². The molecule has 0 spiro atoms. The Morgan fingerprint density at radius 2 is 2.25 bits per heavy atom. The molecule has 0 atom stereocenters. The van der Waals surface area contributed by atoms with E-state index in [1.807, 2.05) is 0 Å². The van der Waals surface area contributed by atoms with Gasteiger partial charge in [0.2, 0.25) is 5.91 Å². The molecule has 0 saturated heterocycles. The van der Waals surface area contributed by atoms with Crippen LogP contribution < -0.4 is 11.1 Å². The summed E-state index contributed by atoms with van der Waals surface area (Å²) < 4.78 is 13.2. The van der Waals surface area contributed by atoms with Gasteiger partial charge in [0, 0.05) is 23.7 Å². The minimum Gasteiger partial charge on any atom is -0.326 e. The topological polar surface area (TPSA) is 55.1 Å². The minimum absolute atomic E-state index is 0.0285. The first-order valence-corrected chi connectivity index (χ1v) is 5.50. The molecule has 0 aliphatic heterocycles. The second-order valence-corrected chi connectivity index (χ2v) is 4.13. The van der Waals surface area contributed by atoms with Crippen LogP contribution in [0.15, 0.2) is 18.2 Å². The molecule has 0 aromatic heterocycles. The number of amides is 1. The highest BCUT2D eigenvalue weighted by molar-refractivity contribution is 5.93. The van der Waals surface area contributed by atoms with E-state index in [9.17, 15) is 9.18 Å². The third kappa shape index (κ3) is 2.22. The quantitative estimate of drug-likeness (QED) is 0.822. The number of carbonyl (C=O) groups is 1. The number of anilines is 1. The highest BCUT2D eigenvalue weighted by Gasteiger charge is 2.25. The van der Waals surface area contributed by atoms with Crippen molar-refractivity contribution in [1.82, 2.24) is 0 Å². The minimum atomic E-state index is -0.329. The summed E-state index contributed by atoms with van der Waals surface area (Å²) >= 11 is 0. The molecule has 3 N–H and O–H groups in total. The van der Waals surface area contributed by atoms with Gasteiger partial charge in [0.25, 0.3) is 0 Å². The van der Waals surface area contributed by atoms with Crippen LogP contribution in [0.5, 0.6) is 0 Å². The Kier molecular flexibility index (Phi) is 3.19. The maximum atomic E-state index is 13.2. The molecule has 4 heteroatoms. The van der Waals surface area contributed by atoms with Crippen molar-refractivity contribution in [2.75, 3.05) is 5.32 Å². The molecule has 1 aliphatic rings. The normalized spacial score (nSPS) is 15.6. The van der Waals surface area contributed by atoms with E-state index >= 15 is 0 Å². The molecule has 86 valence electrons. The number of nitrogens with two attached hydrogens (primary N) is 1. The van der Waals surface area contributed by atoms with Gasteiger partial charge < -0.3 is 11.1 Å². The molecule has 1 fully saturated rings. The smallest absolute Gasteiger partial charge is 0.227 e. The maximum absolute atomic E-state index is 13.2. The molecule has 16 heavy (non-hydrogen) atoms. The van der Waals surface area contributed by atoms with Crippen LogP contribution in [0.3, 0.4) is 0 Å². The van der Waals surface area contributed by atoms with E-state index in [-0.39, 0.29) is 24.2 Å². The predicted molar refractivity (Wildman–Crippen MR) is 60.3 cm³/mol. The lowest BCUT2D eigenvalue weighted by atomic mass is 9.85. The van der Waals surface area contributed by atoms with E-state index in [1.54, 1.807) is 12.1 Å². The van der Waals surface area contributed by atoms with Crippen LogP contribution in [0.2, 0.25) is 0 Å². The van der Waals surface area contributed by atoms with Gasteiger partial charge in [0.05, 0.1) is 0 Å². The Bertz CT molecular complexity index is 402.